The first-order valence-electron chi connectivity index (χ1n) is 5.59. The van der Waals surface area contributed by atoms with Crippen molar-refractivity contribution >= 4 is 21.6 Å². The van der Waals surface area contributed by atoms with E-state index in [1.807, 2.05) is 0 Å². The van der Waals surface area contributed by atoms with Crippen LogP contribution in [0.4, 0.5) is 0 Å². The normalized spacial score (nSPS) is 15.2. The van der Waals surface area contributed by atoms with E-state index in [0.29, 0.717) is 13.0 Å². The highest BCUT2D eigenvalue weighted by molar-refractivity contribution is 7.89. The third-order valence-corrected chi connectivity index (χ3v) is 4.11. The minimum atomic E-state index is -3.71. The van der Waals surface area contributed by atoms with Gasteiger partial charge in [0.1, 0.15) is 10.0 Å². The summed E-state index contributed by atoms with van der Waals surface area (Å²) in [6, 6.07) is 2.74. The van der Waals surface area contributed by atoms with Gasteiger partial charge < -0.3 is 9.84 Å². The molecule has 1 aromatic heterocycles. The molecule has 1 aromatic rings. The second kappa shape index (κ2) is 6.62. The smallest absolute Gasteiger partial charge is 0.242 e. The number of sulfonamides is 1. The van der Waals surface area contributed by atoms with Gasteiger partial charge in [0.15, 0.2) is 0 Å². The van der Waals surface area contributed by atoms with E-state index >= 15 is 0 Å². The molecule has 19 heavy (non-hydrogen) atoms. The summed E-state index contributed by atoms with van der Waals surface area (Å²) in [5.74, 6) is 0. The van der Waals surface area contributed by atoms with E-state index in [2.05, 4.69) is 9.71 Å². The minimum absolute atomic E-state index is 0.000517. The molecule has 2 N–H and O–H groups in total. The average Bonchev–Trinajstić information content (AvgIpc) is 2.35. The van der Waals surface area contributed by atoms with E-state index in [9.17, 15) is 13.5 Å². The van der Waals surface area contributed by atoms with Crippen molar-refractivity contribution in [1.29, 1.82) is 0 Å². The summed E-state index contributed by atoms with van der Waals surface area (Å²) in [5.41, 5.74) is -1.18. The summed E-state index contributed by atoms with van der Waals surface area (Å²) in [6.45, 7) is 1.77. The standard InChI is InChI=1S/C11H17ClN2O4S/c1-11(15,5-6-18-2)8-14-19(16,17)9-3-4-10(12)13-7-9/h3-4,7,14-15H,5-6,8H2,1-2H3. The van der Waals surface area contributed by atoms with Crippen LogP contribution in [0.15, 0.2) is 23.2 Å². The fourth-order valence-corrected chi connectivity index (χ4v) is 2.48. The topological polar surface area (TPSA) is 88.5 Å². The number of pyridine rings is 1. The van der Waals surface area contributed by atoms with Crippen molar-refractivity contribution in [3.8, 4) is 0 Å². The maximum Gasteiger partial charge on any atom is 0.242 e. The third kappa shape index (κ3) is 5.42. The van der Waals surface area contributed by atoms with Gasteiger partial charge >= 0.3 is 0 Å². The number of nitrogens with zero attached hydrogens (tertiary/aromatic N) is 1. The van der Waals surface area contributed by atoms with Crippen LogP contribution in [0.1, 0.15) is 13.3 Å². The van der Waals surface area contributed by atoms with Crippen LogP contribution < -0.4 is 4.72 Å². The van der Waals surface area contributed by atoms with Crippen LogP contribution in [0, 0.1) is 0 Å². The first kappa shape index (κ1) is 16.3. The number of methoxy groups -OCH3 is 1. The number of ether oxygens (including phenoxy) is 1. The average molecular weight is 309 g/mol. The van der Waals surface area contributed by atoms with Gasteiger partial charge in [0.2, 0.25) is 10.0 Å². The predicted molar refractivity (Wildman–Crippen MR) is 71.6 cm³/mol. The monoisotopic (exact) mass is 308 g/mol. The van der Waals surface area contributed by atoms with Gasteiger partial charge in [0.25, 0.3) is 0 Å². The van der Waals surface area contributed by atoms with Crippen molar-refractivity contribution in [1.82, 2.24) is 9.71 Å². The number of aliphatic hydroxyl groups is 1. The Labute approximate surface area is 117 Å². The molecule has 0 saturated heterocycles. The largest absolute Gasteiger partial charge is 0.389 e. The minimum Gasteiger partial charge on any atom is -0.389 e. The van der Waals surface area contributed by atoms with Gasteiger partial charge in [-0.15, -0.1) is 0 Å². The Balaban J connectivity index is 2.68. The molecule has 0 aliphatic rings. The molecule has 0 amide bonds. The van der Waals surface area contributed by atoms with Gasteiger partial charge in [-0.05, 0) is 19.1 Å². The van der Waals surface area contributed by atoms with E-state index in [-0.39, 0.29) is 16.6 Å². The summed E-state index contributed by atoms with van der Waals surface area (Å²) in [4.78, 5) is 3.70. The van der Waals surface area contributed by atoms with E-state index in [4.69, 9.17) is 16.3 Å². The van der Waals surface area contributed by atoms with Crippen molar-refractivity contribution < 1.29 is 18.3 Å². The molecule has 6 nitrogen and oxygen atoms in total. The highest BCUT2D eigenvalue weighted by Crippen LogP contribution is 2.13. The lowest BCUT2D eigenvalue weighted by Crippen LogP contribution is -2.41. The first-order valence-corrected chi connectivity index (χ1v) is 7.45. The van der Waals surface area contributed by atoms with Crippen LogP contribution >= 0.6 is 11.6 Å². The zero-order chi connectivity index (χ0) is 14.5. The lowest BCUT2D eigenvalue weighted by atomic mass is 10.0. The zero-order valence-corrected chi connectivity index (χ0v) is 12.3. The van der Waals surface area contributed by atoms with Gasteiger partial charge in [-0.1, -0.05) is 11.6 Å². The maximum absolute atomic E-state index is 11.9. The molecule has 1 heterocycles. The molecule has 8 heteroatoms. The fraction of sp³-hybridized carbons (Fsp3) is 0.545. The van der Waals surface area contributed by atoms with Crippen LogP contribution in [0.5, 0.6) is 0 Å². The molecule has 0 saturated carbocycles. The SMILES string of the molecule is COCCC(C)(O)CNS(=O)(=O)c1ccc(Cl)nc1. The van der Waals surface area contributed by atoms with Gasteiger partial charge in [-0.25, -0.2) is 18.1 Å². The summed E-state index contributed by atoms with van der Waals surface area (Å²) >= 11 is 5.59. The van der Waals surface area contributed by atoms with Crippen LogP contribution in [0.25, 0.3) is 0 Å². The second-order valence-corrected chi connectivity index (χ2v) is 6.54. The van der Waals surface area contributed by atoms with Crippen molar-refractivity contribution in [2.75, 3.05) is 20.3 Å². The number of halogens is 1. The van der Waals surface area contributed by atoms with Crippen molar-refractivity contribution in [2.24, 2.45) is 0 Å². The van der Waals surface area contributed by atoms with Crippen LogP contribution in [0.2, 0.25) is 5.15 Å². The second-order valence-electron chi connectivity index (χ2n) is 4.38. The molecule has 108 valence electrons. The molecule has 1 rings (SSSR count). The van der Waals surface area contributed by atoms with E-state index in [1.54, 1.807) is 0 Å². The van der Waals surface area contributed by atoms with E-state index in [0.717, 1.165) is 6.20 Å². The summed E-state index contributed by atoms with van der Waals surface area (Å²) in [5, 5.41) is 10.2. The molecule has 1 atom stereocenters. The van der Waals surface area contributed by atoms with Gasteiger partial charge in [0, 0.05) is 32.9 Å². The van der Waals surface area contributed by atoms with E-state index in [1.165, 1.54) is 26.2 Å². The third-order valence-electron chi connectivity index (χ3n) is 2.50. The Morgan fingerprint density at radius 2 is 2.21 bits per heavy atom. The lowest BCUT2D eigenvalue weighted by Gasteiger charge is -2.23. The van der Waals surface area contributed by atoms with Crippen molar-refractivity contribution in [2.45, 2.75) is 23.8 Å². The lowest BCUT2D eigenvalue weighted by molar-refractivity contribution is 0.0292. The van der Waals surface area contributed by atoms with Gasteiger partial charge in [0.05, 0.1) is 5.60 Å². The molecule has 0 aliphatic carbocycles. The molecule has 1 unspecified atom stereocenters. The van der Waals surface area contributed by atoms with Crippen LogP contribution in [0.3, 0.4) is 0 Å². The number of hydrogen-bond acceptors (Lipinski definition) is 5. The summed E-state index contributed by atoms with van der Waals surface area (Å²) in [7, 11) is -2.19. The van der Waals surface area contributed by atoms with Gasteiger partial charge in [-0.2, -0.15) is 0 Å². The quantitative estimate of drug-likeness (QED) is 0.727. The van der Waals surface area contributed by atoms with Crippen LogP contribution in [-0.2, 0) is 14.8 Å². The van der Waals surface area contributed by atoms with Crippen LogP contribution in [-0.4, -0.2) is 44.4 Å². The molecular weight excluding hydrogens is 292 g/mol. The fourth-order valence-electron chi connectivity index (χ4n) is 1.27. The highest BCUT2D eigenvalue weighted by Gasteiger charge is 2.24. The predicted octanol–water partition coefficient (Wildman–Crippen LogP) is 0.801. The number of hydrogen-bond donors (Lipinski definition) is 2. The number of aromatic nitrogens is 1. The first-order chi connectivity index (χ1) is 8.77. The summed E-state index contributed by atoms with van der Waals surface area (Å²) < 4.78 is 31.0. The maximum atomic E-state index is 11.9. The Morgan fingerprint density at radius 1 is 1.53 bits per heavy atom. The molecule has 0 fully saturated rings. The molecule has 0 aliphatic heterocycles. The highest BCUT2D eigenvalue weighted by atomic mass is 35.5. The number of nitrogens with one attached hydrogen (secondary N) is 1. The molecular formula is C11H17ClN2O4S. The molecule has 0 aromatic carbocycles. The van der Waals surface area contributed by atoms with Crippen molar-refractivity contribution in [3.63, 3.8) is 0 Å². The summed E-state index contributed by atoms with van der Waals surface area (Å²) in [6.07, 6.45) is 1.49. The Morgan fingerprint density at radius 3 is 2.74 bits per heavy atom. The molecule has 0 bridgehead atoms. The van der Waals surface area contributed by atoms with Crippen molar-refractivity contribution in [3.05, 3.63) is 23.5 Å². The Hall–Kier alpha value is -0.730. The van der Waals surface area contributed by atoms with E-state index < -0.39 is 15.6 Å². The molecule has 0 radical (unpaired) electrons. The molecule has 0 spiro atoms. The van der Waals surface area contributed by atoms with Gasteiger partial charge in [-0.3, -0.25) is 0 Å². The number of rotatable bonds is 7. The zero-order valence-electron chi connectivity index (χ0n) is 10.8. The Kier molecular flexibility index (Phi) is 5.69. The Bertz CT molecular complexity index is 502.